The van der Waals surface area contributed by atoms with E-state index in [1.807, 2.05) is 49.1 Å². The molecule has 1 aromatic carbocycles. The fourth-order valence-corrected chi connectivity index (χ4v) is 3.72. The van der Waals surface area contributed by atoms with Crippen LogP contribution in [0.1, 0.15) is 25.6 Å². The molecule has 0 aliphatic heterocycles. The minimum absolute atomic E-state index is 0.110. The van der Waals surface area contributed by atoms with Crippen LogP contribution in [0.2, 0.25) is 0 Å². The van der Waals surface area contributed by atoms with E-state index in [1.165, 1.54) is 0 Å². The van der Waals surface area contributed by atoms with Crippen molar-refractivity contribution in [3.05, 3.63) is 42.2 Å². The number of fused-ring (bicyclic) bond motifs is 2. The Bertz CT molecular complexity index is 1390. The highest BCUT2D eigenvalue weighted by atomic mass is 15.4. The molecule has 0 saturated carbocycles. The van der Waals surface area contributed by atoms with Gasteiger partial charge in [0.1, 0.15) is 17.3 Å². The maximum Gasteiger partial charge on any atom is 0.232 e. The van der Waals surface area contributed by atoms with E-state index in [-0.39, 0.29) is 6.04 Å². The average molecular weight is 401 g/mol. The van der Waals surface area contributed by atoms with E-state index in [0.29, 0.717) is 17.4 Å². The van der Waals surface area contributed by atoms with Gasteiger partial charge in [-0.1, -0.05) is 6.07 Å². The van der Waals surface area contributed by atoms with Gasteiger partial charge in [0.05, 0.1) is 11.1 Å². The SMILES string of the molecule is Cc1cc(Nc2nc(N)c3c(-c4ccc5[nH]ccc5c4)nn(C(C)C)c3n2)n(C)n1. The highest BCUT2D eigenvalue weighted by Crippen LogP contribution is 2.34. The molecule has 5 rings (SSSR count). The minimum Gasteiger partial charge on any atom is -0.383 e. The fourth-order valence-electron chi connectivity index (χ4n) is 3.72. The Hall–Kier alpha value is -3.88. The molecule has 4 aromatic heterocycles. The lowest BCUT2D eigenvalue weighted by molar-refractivity contribution is 0.548. The van der Waals surface area contributed by atoms with Gasteiger partial charge in [0.15, 0.2) is 5.65 Å². The molecule has 4 heterocycles. The minimum atomic E-state index is 0.110. The molecule has 0 unspecified atom stereocenters. The fraction of sp³-hybridized carbons (Fsp3) is 0.238. The Balaban J connectivity index is 1.68. The van der Waals surface area contributed by atoms with Gasteiger partial charge in [-0.15, -0.1) is 0 Å². The summed E-state index contributed by atoms with van der Waals surface area (Å²) in [4.78, 5) is 12.5. The van der Waals surface area contributed by atoms with Crippen LogP contribution in [0, 0.1) is 6.92 Å². The lowest BCUT2D eigenvalue weighted by atomic mass is 10.1. The van der Waals surface area contributed by atoms with E-state index in [2.05, 4.69) is 40.3 Å². The Labute approximate surface area is 172 Å². The lowest BCUT2D eigenvalue weighted by Gasteiger charge is -2.09. The Kier molecular flexibility index (Phi) is 3.99. The first kappa shape index (κ1) is 18.2. The van der Waals surface area contributed by atoms with Gasteiger partial charge in [-0.2, -0.15) is 20.2 Å². The summed E-state index contributed by atoms with van der Waals surface area (Å²) in [5.41, 5.74) is 10.9. The average Bonchev–Trinajstić information content (AvgIpc) is 3.38. The summed E-state index contributed by atoms with van der Waals surface area (Å²) in [7, 11) is 1.87. The maximum atomic E-state index is 6.43. The number of benzene rings is 1. The van der Waals surface area contributed by atoms with Crippen LogP contribution in [0.4, 0.5) is 17.6 Å². The molecule has 4 N–H and O–H groups in total. The first-order valence-corrected chi connectivity index (χ1v) is 9.81. The first-order valence-electron chi connectivity index (χ1n) is 9.81. The van der Waals surface area contributed by atoms with Crippen LogP contribution >= 0.6 is 0 Å². The number of nitrogens with two attached hydrogens (primary N) is 1. The van der Waals surface area contributed by atoms with Gasteiger partial charge in [0, 0.05) is 41.8 Å². The molecule has 0 fully saturated rings. The zero-order valence-corrected chi connectivity index (χ0v) is 17.3. The second-order valence-electron chi connectivity index (χ2n) is 7.72. The van der Waals surface area contributed by atoms with Crippen molar-refractivity contribution in [3.8, 4) is 11.3 Å². The summed E-state index contributed by atoms with van der Waals surface area (Å²) in [5.74, 6) is 1.59. The summed E-state index contributed by atoms with van der Waals surface area (Å²) in [5, 5.41) is 14.3. The van der Waals surface area contributed by atoms with Crippen molar-refractivity contribution < 1.29 is 0 Å². The second-order valence-corrected chi connectivity index (χ2v) is 7.72. The number of nitrogen functional groups attached to an aromatic ring is 1. The van der Waals surface area contributed by atoms with E-state index in [4.69, 9.17) is 15.8 Å². The van der Waals surface area contributed by atoms with E-state index in [1.54, 1.807) is 4.68 Å². The molecule has 0 spiro atoms. The predicted octanol–water partition coefficient (Wildman–Crippen LogP) is 3.92. The third kappa shape index (κ3) is 2.86. The van der Waals surface area contributed by atoms with Crippen molar-refractivity contribution in [2.45, 2.75) is 26.8 Å². The van der Waals surface area contributed by atoms with Gasteiger partial charge in [-0.05, 0) is 39.0 Å². The van der Waals surface area contributed by atoms with Crippen LogP contribution in [0.15, 0.2) is 36.5 Å². The van der Waals surface area contributed by atoms with Gasteiger partial charge in [0.2, 0.25) is 5.95 Å². The van der Waals surface area contributed by atoms with Crippen LogP contribution in [0.25, 0.3) is 33.2 Å². The first-order chi connectivity index (χ1) is 14.4. The molecular formula is C21H23N9. The van der Waals surface area contributed by atoms with Gasteiger partial charge in [-0.3, -0.25) is 4.68 Å². The Morgan fingerprint density at radius 1 is 1.10 bits per heavy atom. The molecule has 0 bridgehead atoms. The zero-order valence-electron chi connectivity index (χ0n) is 17.3. The number of nitrogens with zero attached hydrogens (tertiary/aromatic N) is 6. The summed E-state index contributed by atoms with van der Waals surface area (Å²) in [6, 6.07) is 10.3. The zero-order chi connectivity index (χ0) is 21.0. The van der Waals surface area contributed by atoms with Gasteiger partial charge < -0.3 is 16.0 Å². The maximum absolute atomic E-state index is 6.43. The molecule has 9 heteroatoms. The second kappa shape index (κ2) is 6.58. The van der Waals surface area contributed by atoms with Crippen molar-refractivity contribution in [1.82, 2.24) is 34.5 Å². The summed E-state index contributed by atoms with van der Waals surface area (Å²) < 4.78 is 3.64. The molecule has 5 aromatic rings. The number of nitrogens with one attached hydrogen (secondary N) is 2. The van der Waals surface area contributed by atoms with Crippen molar-refractivity contribution in [3.63, 3.8) is 0 Å². The largest absolute Gasteiger partial charge is 0.383 e. The van der Waals surface area contributed by atoms with Crippen LogP contribution in [-0.4, -0.2) is 34.5 Å². The lowest BCUT2D eigenvalue weighted by Crippen LogP contribution is -2.08. The summed E-state index contributed by atoms with van der Waals surface area (Å²) in [6.45, 7) is 6.08. The van der Waals surface area contributed by atoms with Crippen LogP contribution < -0.4 is 11.1 Å². The van der Waals surface area contributed by atoms with Gasteiger partial charge >= 0.3 is 0 Å². The van der Waals surface area contributed by atoms with Crippen molar-refractivity contribution in [2.75, 3.05) is 11.1 Å². The molecule has 0 amide bonds. The van der Waals surface area contributed by atoms with Crippen LogP contribution in [0.5, 0.6) is 0 Å². The molecule has 0 radical (unpaired) electrons. The van der Waals surface area contributed by atoms with Crippen molar-refractivity contribution in [2.24, 2.45) is 7.05 Å². The molecule has 0 aliphatic rings. The molecule has 0 aliphatic carbocycles. The standard InChI is InChI=1S/C21H23N9/c1-11(2)30-20-17(18(28-30)14-5-6-15-13(10-14)7-8-23-15)19(22)25-21(26-20)24-16-9-12(3)27-29(16)4/h5-11,23H,1-4H3,(H3,22,24,25,26). The van der Waals surface area contributed by atoms with E-state index in [9.17, 15) is 0 Å². The number of aromatic amines is 1. The molecule has 9 nitrogen and oxygen atoms in total. The number of hydrogen-bond acceptors (Lipinski definition) is 6. The van der Waals surface area contributed by atoms with Gasteiger partial charge in [0.25, 0.3) is 0 Å². The molecule has 0 atom stereocenters. The normalized spacial score (nSPS) is 11.8. The van der Waals surface area contributed by atoms with E-state index in [0.717, 1.165) is 39.1 Å². The summed E-state index contributed by atoms with van der Waals surface area (Å²) in [6.07, 6.45) is 1.93. The van der Waals surface area contributed by atoms with Crippen molar-refractivity contribution in [1.29, 1.82) is 0 Å². The molecule has 30 heavy (non-hydrogen) atoms. The van der Waals surface area contributed by atoms with Crippen LogP contribution in [-0.2, 0) is 7.05 Å². The van der Waals surface area contributed by atoms with Crippen molar-refractivity contribution >= 4 is 39.5 Å². The molecule has 152 valence electrons. The monoisotopic (exact) mass is 401 g/mol. The smallest absolute Gasteiger partial charge is 0.232 e. The van der Waals surface area contributed by atoms with E-state index >= 15 is 0 Å². The number of anilines is 3. The molecule has 0 saturated heterocycles. The quantitative estimate of drug-likeness (QED) is 0.420. The number of aromatic nitrogens is 7. The Morgan fingerprint density at radius 2 is 1.93 bits per heavy atom. The van der Waals surface area contributed by atoms with Gasteiger partial charge in [-0.25, -0.2) is 4.68 Å². The third-order valence-corrected chi connectivity index (χ3v) is 5.14. The van der Waals surface area contributed by atoms with Crippen LogP contribution in [0.3, 0.4) is 0 Å². The third-order valence-electron chi connectivity index (χ3n) is 5.14. The Morgan fingerprint density at radius 3 is 2.67 bits per heavy atom. The highest BCUT2D eigenvalue weighted by molar-refractivity contribution is 6.00. The predicted molar refractivity (Wildman–Crippen MR) is 119 cm³/mol. The number of rotatable bonds is 4. The number of aryl methyl sites for hydroxylation is 2. The molecular weight excluding hydrogens is 378 g/mol. The van der Waals surface area contributed by atoms with E-state index < -0.39 is 0 Å². The highest BCUT2D eigenvalue weighted by Gasteiger charge is 2.21. The topological polar surface area (TPSA) is 115 Å². The number of hydrogen-bond donors (Lipinski definition) is 3. The number of H-pyrrole nitrogens is 1. The summed E-state index contributed by atoms with van der Waals surface area (Å²) >= 11 is 0.